The fourth-order valence-corrected chi connectivity index (χ4v) is 2.12. The third-order valence-electron chi connectivity index (χ3n) is 2.82. The molecule has 0 N–H and O–H groups in total. The number of allylic oxidation sites excluding steroid dienone is 1. The predicted molar refractivity (Wildman–Crippen MR) is 77.3 cm³/mol. The predicted octanol–water partition coefficient (Wildman–Crippen LogP) is 4.74. The van der Waals surface area contributed by atoms with Gasteiger partial charge in [0.25, 0.3) is 0 Å². The molecule has 0 fully saturated rings. The van der Waals surface area contributed by atoms with E-state index in [2.05, 4.69) is 18.7 Å². The number of hydrogen-bond acceptors (Lipinski definition) is 1. The molecule has 0 atom stereocenters. The first-order chi connectivity index (χ1) is 8.76. The standard InChI is InChI=1S/C16H15ClO/c1-3-5-13-6-4-7-15(16(13)18-2)12-8-10-14(17)11-9-12/h3-4,6-11H,1,5H2,2H3. The van der Waals surface area contributed by atoms with Crippen molar-refractivity contribution in [3.05, 3.63) is 65.7 Å². The van der Waals surface area contributed by atoms with Crippen molar-refractivity contribution >= 4 is 11.6 Å². The number of ether oxygens (including phenoxy) is 1. The summed E-state index contributed by atoms with van der Waals surface area (Å²) in [5.41, 5.74) is 3.32. The average molecular weight is 259 g/mol. The maximum atomic E-state index is 5.91. The van der Waals surface area contributed by atoms with Crippen LogP contribution in [0.3, 0.4) is 0 Å². The van der Waals surface area contributed by atoms with Crippen molar-refractivity contribution in [2.45, 2.75) is 6.42 Å². The summed E-state index contributed by atoms with van der Waals surface area (Å²) in [4.78, 5) is 0. The van der Waals surface area contributed by atoms with Crippen LogP contribution in [0, 0.1) is 0 Å². The molecule has 0 saturated carbocycles. The van der Waals surface area contributed by atoms with E-state index in [1.165, 1.54) is 0 Å². The van der Waals surface area contributed by atoms with Crippen molar-refractivity contribution in [2.24, 2.45) is 0 Å². The Morgan fingerprint density at radius 3 is 2.50 bits per heavy atom. The fourth-order valence-electron chi connectivity index (χ4n) is 2.00. The second kappa shape index (κ2) is 5.74. The molecule has 0 saturated heterocycles. The molecule has 1 nitrogen and oxygen atoms in total. The van der Waals surface area contributed by atoms with E-state index in [4.69, 9.17) is 16.3 Å². The van der Waals surface area contributed by atoms with Crippen molar-refractivity contribution in [3.63, 3.8) is 0 Å². The molecule has 2 rings (SSSR count). The Balaban J connectivity index is 2.52. The highest BCUT2D eigenvalue weighted by Crippen LogP contribution is 2.33. The summed E-state index contributed by atoms with van der Waals surface area (Å²) in [6.07, 6.45) is 2.67. The smallest absolute Gasteiger partial charge is 0.130 e. The van der Waals surface area contributed by atoms with Crippen molar-refractivity contribution < 1.29 is 4.74 Å². The number of rotatable bonds is 4. The number of para-hydroxylation sites is 1. The molecule has 0 radical (unpaired) electrons. The molecular formula is C16H15ClO. The van der Waals surface area contributed by atoms with Crippen LogP contribution in [-0.2, 0) is 6.42 Å². The molecule has 92 valence electrons. The van der Waals surface area contributed by atoms with Gasteiger partial charge in [-0.2, -0.15) is 0 Å². The molecular weight excluding hydrogens is 244 g/mol. The van der Waals surface area contributed by atoms with E-state index in [0.717, 1.165) is 33.9 Å². The molecule has 18 heavy (non-hydrogen) atoms. The molecule has 0 aliphatic carbocycles. The second-order valence-electron chi connectivity index (χ2n) is 4.00. The van der Waals surface area contributed by atoms with E-state index in [9.17, 15) is 0 Å². The van der Waals surface area contributed by atoms with Gasteiger partial charge in [0.15, 0.2) is 0 Å². The van der Waals surface area contributed by atoms with Crippen molar-refractivity contribution in [2.75, 3.05) is 7.11 Å². The molecule has 0 aliphatic rings. The Morgan fingerprint density at radius 1 is 1.17 bits per heavy atom. The Hall–Kier alpha value is -1.73. The van der Waals surface area contributed by atoms with Crippen LogP contribution in [0.15, 0.2) is 55.1 Å². The zero-order valence-electron chi connectivity index (χ0n) is 10.3. The first-order valence-corrected chi connectivity index (χ1v) is 6.16. The highest BCUT2D eigenvalue weighted by Gasteiger charge is 2.09. The van der Waals surface area contributed by atoms with Crippen LogP contribution in [0.2, 0.25) is 5.02 Å². The SMILES string of the molecule is C=CCc1cccc(-c2ccc(Cl)cc2)c1OC. The summed E-state index contributed by atoms with van der Waals surface area (Å²) >= 11 is 5.91. The van der Waals surface area contributed by atoms with Gasteiger partial charge in [-0.15, -0.1) is 6.58 Å². The van der Waals surface area contributed by atoms with Gasteiger partial charge in [0, 0.05) is 10.6 Å². The lowest BCUT2D eigenvalue weighted by Gasteiger charge is -2.12. The van der Waals surface area contributed by atoms with Crippen molar-refractivity contribution in [3.8, 4) is 16.9 Å². The van der Waals surface area contributed by atoms with Crippen LogP contribution in [0.5, 0.6) is 5.75 Å². The maximum absolute atomic E-state index is 5.91. The summed E-state index contributed by atoms with van der Waals surface area (Å²) in [5.74, 6) is 0.903. The summed E-state index contributed by atoms with van der Waals surface area (Å²) in [6, 6.07) is 13.9. The Bertz CT molecular complexity index is 544. The largest absolute Gasteiger partial charge is 0.496 e. The Labute approximate surface area is 113 Å². The summed E-state index contributed by atoms with van der Waals surface area (Å²) in [6.45, 7) is 3.77. The monoisotopic (exact) mass is 258 g/mol. The third kappa shape index (κ3) is 2.57. The van der Waals surface area contributed by atoms with Gasteiger partial charge in [-0.3, -0.25) is 0 Å². The first-order valence-electron chi connectivity index (χ1n) is 5.79. The van der Waals surface area contributed by atoms with E-state index in [1.54, 1.807) is 7.11 Å². The quantitative estimate of drug-likeness (QED) is 0.720. The highest BCUT2D eigenvalue weighted by molar-refractivity contribution is 6.30. The summed E-state index contributed by atoms with van der Waals surface area (Å²) < 4.78 is 5.53. The van der Waals surface area contributed by atoms with Gasteiger partial charge < -0.3 is 4.74 Å². The van der Waals surface area contributed by atoms with Crippen LogP contribution in [-0.4, -0.2) is 7.11 Å². The minimum Gasteiger partial charge on any atom is -0.496 e. The zero-order chi connectivity index (χ0) is 13.0. The van der Waals surface area contributed by atoms with E-state index < -0.39 is 0 Å². The van der Waals surface area contributed by atoms with Crippen molar-refractivity contribution in [1.82, 2.24) is 0 Å². The second-order valence-corrected chi connectivity index (χ2v) is 4.43. The topological polar surface area (TPSA) is 9.23 Å². The van der Waals surface area contributed by atoms with Gasteiger partial charge in [0.05, 0.1) is 7.11 Å². The first kappa shape index (κ1) is 12.7. The normalized spacial score (nSPS) is 10.1. The molecule has 0 unspecified atom stereocenters. The van der Waals surface area contributed by atoms with Gasteiger partial charge in [0.2, 0.25) is 0 Å². The van der Waals surface area contributed by atoms with Crippen LogP contribution in [0.4, 0.5) is 0 Å². The van der Waals surface area contributed by atoms with Crippen LogP contribution >= 0.6 is 11.6 Å². The van der Waals surface area contributed by atoms with Crippen LogP contribution < -0.4 is 4.74 Å². The molecule has 0 spiro atoms. The summed E-state index contributed by atoms with van der Waals surface area (Å²) in [7, 11) is 1.70. The Kier molecular flexibility index (Phi) is 4.06. The van der Waals surface area contributed by atoms with E-state index in [1.807, 2.05) is 36.4 Å². The number of halogens is 1. The number of benzene rings is 2. The lowest BCUT2D eigenvalue weighted by atomic mass is 10.00. The van der Waals surface area contributed by atoms with Gasteiger partial charge in [0.1, 0.15) is 5.75 Å². The molecule has 2 heteroatoms. The molecule has 0 aromatic heterocycles. The fraction of sp³-hybridized carbons (Fsp3) is 0.125. The maximum Gasteiger partial charge on any atom is 0.130 e. The van der Waals surface area contributed by atoms with Crippen LogP contribution in [0.25, 0.3) is 11.1 Å². The van der Waals surface area contributed by atoms with E-state index >= 15 is 0 Å². The van der Waals surface area contributed by atoms with Gasteiger partial charge in [-0.25, -0.2) is 0 Å². The molecule has 0 aliphatic heterocycles. The van der Waals surface area contributed by atoms with E-state index in [0.29, 0.717) is 0 Å². The van der Waals surface area contributed by atoms with Gasteiger partial charge in [-0.1, -0.05) is 48.0 Å². The zero-order valence-corrected chi connectivity index (χ0v) is 11.1. The van der Waals surface area contributed by atoms with Gasteiger partial charge >= 0.3 is 0 Å². The summed E-state index contributed by atoms with van der Waals surface area (Å²) in [5, 5.41) is 0.736. The molecule has 2 aromatic rings. The number of hydrogen-bond donors (Lipinski definition) is 0. The average Bonchev–Trinajstić information content (AvgIpc) is 2.40. The molecule has 0 heterocycles. The lowest BCUT2D eigenvalue weighted by molar-refractivity contribution is 0.412. The Morgan fingerprint density at radius 2 is 1.89 bits per heavy atom. The van der Waals surface area contributed by atoms with E-state index in [-0.39, 0.29) is 0 Å². The van der Waals surface area contributed by atoms with Crippen molar-refractivity contribution in [1.29, 1.82) is 0 Å². The molecule has 0 bridgehead atoms. The highest BCUT2D eigenvalue weighted by atomic mass is 35.5. The number of methoxy groups -OCH3 is 1. The molecule has 2 aromatic carbocycles. The minimum atomic E-state index is 0.736. The van der Waals surface area contributed by atoms with Crippen LogP contribution in [0.1, 0.15) is 5.56 Å². The lowest BCUT2D eigenvalue weighted by Crippen LogP contribution is -1.93. The molecule has 0 amide bonds. The van der Waals surface area contributed by atoms with Gasteiger partial charge in [-0.05, 0) is 29.7 Å². The third-order valence-corrected chi connectivity index (χ3v) is 3.07. The minimum absolute atomic E-state index is 0.736.